The van der Waals surface area contributed by atoms with Crippen molar-refractivity contribution >= 4 is 12.1 Å². The molecule has 0 radical (unpaired) electrons. The summed E-state index contributed by atoms with van der Waals surface area (Å²) < 4.78 is 0. The van der Waals surface area contributed by atoms with E-state index in [0.717, 1.165) is 25.2 Å². The van der Waals surface area contributed by atoms with E-state index in [1.165, 1.54) is 0 Å². The molecule has 0 fully saturated rings. The van der Waals surface area contributed by atoms with Crippen molar-refractivity contribution in [3.63, 3.8) is 0 Å². The van der Waals surface area contributed by atoms with Gasteiger partial charge >= 0.3 is 0 Å². The minimum atomic E-state index is 0.600. The molecule has 0 atom stereocenters. The number of hydrogen-bond donors (Lipinski definition) is 1. The minimum Gasteiger partial charge on any atom is -0.369 e. The first-order valence-corrected chi connectivity index (χ1v) is 4.52. The van der Waals surface area contributed by atoms with E-state index in [0.29, 0.717) is 5.56 Å². The maximum Gasteiger partial charge on any atom is 0.151 e. The summed E-state index contributed by atoms with van der Waals surface area (Å²) in [6.07, 6.45) is 2.35. The number of rotatable bonds is 5. The Morgan fingerprint density at radius 3 is 2.79 bits per heavy atom. The highest BCUT2D eigenvalue weighted by atomic mass is 16.1. The predicted molar refractivity (Wildman–Crippen MR) is 56.7 cm³/mol. The molecule has 0 saturated heterocycles. The Kier molecular flexibility index (Phi) is 4.07. The van der Waals surface area contributed by atoms with Gasteiger partial charge in [0.15, 0.2) is 6.29 Å². The molecule has 1 N–H and O–H groups in total. The van der Waals surface area contributed by atoms with Crippen LogP contribution in [0.5, 0.6) is 0 Å². The fraction of sp³-hybridized carbons (Fsp3) is 0.400. The van der Waals surface area contributed by atoms with Gasteiger partial charge in [-0.1, -0.05) is 0 Å². The molecule has 0 spiro atoms. The average Bonchev–Trinajstić information content (AvgIpc) is 2.18. The number of aldehydes is 1. The van der Waals surface area contributed by atoms with Gasteiger partial charge < -0.3 is 10.2 Å². The number of carbonyl (C=O) groups is 1. The standard InChI is InChI=1S/C10H15N3O/c1-13(2)6-5-11-10-4-3-9(8-14)7-12-10/h3-4,7-8H,5-6H2,1-2H3,(H,11,12). The zero-order valence-corrected chi connectivity index (χ0v) is 8.53. The van der Waals surface area contributed by atoms with Crippen LogP contribution in [-0.4, -0.2) is 43.4 Å². The highest BCUT2D eigenvalue weighted by Crippen LogP contribution is 2.02. The van der Waals surface area contributed by atoms with Crippen molar-refractivity contribution in [1.82, 2.24) is 9.88 Å². The van der Waals surface area contributed by atoms with Crippen LogP contribution in [0.1, 0.15) is 10.4 Å². The van der Waals surface area contributed by atoms with Crippen LogP contribution in [0, 0.1) is 0 Å². The Bertz CT molecular complexity index is 282. The largest absolute Gasteiger partial charge is 0.369 e. The SMILES string of the molecule is CN(C)CCNc1ccc(C=O)cn1. The number of carbonyl (C=O) groups excluding carboxylic acids is 1. The first-order chi connectivity index (χ1) is 6.72. The third-order valence-corrected chi connectivity index (χ3v) is 1.79. The van der Waals surface area contributed by atoms with Crippen molar-refractivity contribution in [3.05, 3.63) is 23.9 Å². The fourth-order valence-electron chi connectivity index (χ4n) is 0.987. The summed E-state index contributed by atoms with van der Waals surface area (Å²) in [4.78, 5) is 16.5. The van der Waals surface area contributed by atoms with Crippen LogP contribution in [0.15, 0.2) is 18.3 Å². The number of pyridine rings is 1. The smallest absolute Gasteiger partial charge is 0.151 e. The van der Waals surface area contributed by atoms with E-state index in [2.05, 4.69) is 15.2 Å². The van der Waals surface area contributed by atoms with E-state index in [-0.39, 0.29) is 0 Å². The molecule has 0 amide bonds. The van der Waals surface area contributed by atoms with E-state index in [1.807, 2.05) is 14.1 Å². The van der Waals surface area contributed by atoms with Gasteiger partial charge in [0.2, 0.25) is 0 Å². The van der Waals surface area contributed by atoms with Crippen molar-refractivity contribution < 1.29 is 4.79 Å². The lowest BCUT2D eigenvalue weighted by Crippen LogP contribution is -2.21. The Balaban J connectivity index is 2.40. The molecule has 0 bridgehead atoms. The molecular formula is C10H15N3O. The fourth-order valence-corrected chi connectivity index (χ4v) is 0.987. The van der Waals surface area contributed by atoms with Crippen LogP contribution >= 0.6 is 0 Å². The maximum absolute atomic E-state index is 10.4. The summed E-state index contributed by atoms with van der Waals surface area (Å²) in [6, 6.07) is 3.55. The average molecular weight is 193 g/mol. The van der Waals surface area contributed by atoms with E-state index < -0.39 is 0 Å². The second-order valence-electron chi connectivity index (χ2n) is 3.32. The summed E-state index contributed by atoms with van der Waals surface area (Å²) in [6.45, 7) is 1.80. The normalized spacial score (nSPS) is 10.2. The van der Waals surface area contributed by atoms with Gasteiger partial charge in [0, 0.05) is 24.8 Å². The highest BCUT2D eigenvalue weighted by molar-refractivity contribution is 5.74. The molecule has 0 aromatic carbocycles. The lowest BCUT2D eigenvalue weighted by molar-refractivity contribution is 0.112. The van der Waals surface area contributed by atoms with Gasteiger partial charge in [-0.05, 0) is 26.2 Å². The van der Waals surface area contributed by atoms with Gasteiger partial charge in [-0.3, -0.25) is 4.79 Å². The van der Waals surface area contributed by atoms with Gasteiger partial charge in [0.1, 0.15) is 5.82 Å². The number of likely N-dealkylation sites (N-methyl/N-ethyl adjacent to an activating group) is 1. The molecule has 0 aliphatic heterocycles. The van der Waals surface area contributed by atoms with Crippen LogP contribution in [0.2, 0.25) is 0 Å². The number of anilines is 1. The van der Waals surface area contributed by atoms with Gasteiger partial charge in [-0.25, -0.2) is 4.98 Å². The lowest BCUT2D eigenvalue weighted by atomic mass is 10.3. The van der Waals surface area contributed by atoms with E-state index in [1.54, 1.807) is 18.3 Å². The van der Waals surface area contributed by atoms with Gasteiger partial charge in [0.05, 0.1) is 0 Å². The molecule has 1 aromatic rings. The van der Waals surface area contributed by atoms with Crippen LogP contribution in [-0.2, 0) is 0 Å². The zero-order valence-electron chi connectivity index (χ0n) is 8.53. The summed E-state index contributed by atoms with van der Waals surface area (Å²) in [5.74, 6) is 0.803. The molecule has 1 rings (SSSR count). The van der Waals surface area contributed by atoms with Crippen LogP contribution in [0.4, 0.5) is 5.82 Å². The van der Waals surface area contributed by atoms with Crippen molar-refractivity contribution in [2.24, 2.45) is 0 Å². The number of aromatic nitrogens is 1. The van der Waals surface area contributed by atoms with Crippen molar-refractivity contribution in [2.75, 3.05) is 32.5 Å². The van der Waals surface area contributed by atoms with Crippen molar-refractivity contribution in [1.29, 1.82) is 0 Å². The summed E-state index contributed by atoms with van der Waals surface area (Å²) in [5, 5.41) is 3.16. The molecule has 4 heteroatoms. The molecule has 1 aromatic heterocycles. The first kappa shape index (κ1) is 10.7. The Labute approximate surface area is 83.9 Å². The molecule has 0 unspecified atom stereocenters. The number of hydrogen-bond acceptors (Lipinski definition) is 4. The summed E-state index contributed by atoms with van der Waals surface area (Å²) in [5.41, 5.74) is 0.600. The Hall–Kier alpha value is -1.42. The van der Waals surface area contributed by atoms with Crippen LogP contribution < -0.4 is 5.32 Å². The molecule has 14 heavy (non-hydrogen) atoms. The third-order valence-electron chi connectivity index (χ3n) is 1.79. The first-order valence-electron chi connectivity index (χ1n) is 4.52. The maximum atomic E-state index is 10.4. The number of nitrogens with zero attached hydrogens (tertiary/aromatic N) is 2. The molecule has 0 saturated carbocycles. The van der Waals surface area contributed by atoms with Crippen molar-refractivity contribution in [3.8, 4) is 0 Å². The molecule has 4 nitrogen and oxygen atoms in total. The molecule has 1 heterocycles. The second-order valence-corrected chi connectivity index (χ2v) is 3.32. The lowest BCUT2D eigenvalue weighted by Gasteiger charge is -2.10. The Morgan fingerprint density at radius 2 is 2.29 bits per heavy atom. The topological polar surface area (TPSA) is 45.2 Å². The molecule has 0 aliphatic rings. The number of nitrogens with one attached hydrogen (secondary N) is 1. The molecule has 0 aliphatic carbocycles. The molecular weight excluding hydrogens is 178 g/mol. The van der Waals surface area contributed by atoms with Gasteiger partial charge in [0.25, 0.3) is 0 Å². The summed E-state index contributed by atoms with van der Waals surface area (Å²) >= 11 is 0. The minimum absolute atomic E-state index is 0.600. The van der Waals surface area contributed by atoms with Crippen LogP contribution in [0.3, 0.4) is 0 Å². The predicted octanol–water partition coefficient (Wildman–Crippen LogP) is 0.868. The summed E-state index contributed by atoms with van der Waals surface area (Å²) in [7, 11) is 4.04. The Morgan fingerprint density at radius 1 is 1.50 bits per heavy atom. The van der Waals surface area contributed by atoms with Crippen LogP contribution in [0.25, 0.3) is 0 Å². The van der Waals surface area contributed by atoms with E-state index >= 15 is 0 Å². The monoisotopic (exact) mass is 193 g/mol. The van der Waals surface area contributed by atoms with Crippen molar-refractivity contribution in [2.45, 2.75) is 0 Å². The van der Waals surface area contributed by atoms with Gasteiger partial charge in [-0.15, -0.1) is 0 Å². The van der Waals surface area contributed by atoms with Gasteiger partial charge in [-0.2, -0.15) is 0 Å². The van der Waals surface area contributed by atoms with E-state index in [9.17, 15) is 4.79 Å². The van der Waals surface area contributed by atoms with E-state index in [4.69, 9.17) is 0 Å². The second kappa shape index (κ2) is 5.34. The highest BCUT2D eigenvalue weighted by Gasteiger charge is 1.94. The quantitative estimate of drug-likeness (QED) is 0.705. The zero-order chi connectivity index (χ0) is 10.4. The molecule has 76 valence electrons. The third kappa shape index (κ3) is 3.53.